The second-order valence-corrected chi connectivity index (χ2v) is 5.37. The zero-order chi connectivity index (χ0) is 14.1. The van der Waals surface area contributed by atoms with Crippen LogP contribution in [0.1, 0.15) is 37.4 Å². The number of phenols is 1. The Hall–Kier alpha value is -2.04. The van der Waals surface area contributed by atoms with Crippen molar-refractivity contribution in [3.63, 3.8) is 0 Å². The second-order valence-electron chi connectivity index (χ2n) is 5.37. The fourth-order valence-electron chi connectivity index (χ4n) is 3.11. The van der Waals surface area contributed by atoms with Crippen molar-refractivity contribution in [3.05, 3.63) is 24.0 Å². The van der Waals surface area contributed by atoms with Gasteiger partial charge < -0.3 is 14.8 Å². The van der Waals surface area contributed by atoms with Crippen LogP contribution in [0, 0.1) is 5.92 Å². The van der Waals surface area contributed by atoms with Gasteiger partial charge in [0.2, 0.25) is 0 Å². The van der Waals surface area contributed by atoms with Crippen molar-refractivity contribution in [2.75, 3.05) is 7.11 Å². The number of aromatic nitrogens is 2. The molecule has 1 fully saturated rings. The topological polar surface area (TPSA) is 75.2 Å². The third kappa shape index (κ3) is 2.24. The van der Waals surface area contributed by atoms with Crippen LogP contribution in [0.2, 0.25) is 0 Å². The highest BCUT2D eigenvalue weighted by molar-refractivity contribution is 5.81. The molecule has 2 aromatic rings. The summed E-state index contributed by atoms with van der Waals surface area (Å²) in [6.45, 7) is 0. The molecule has 106 valence electrons. The molecule has 0 aliphatic heterocycles. The Morgan fingerprint density at radius 2 is 2.20 bits per heavy atom. The number of imidazole rings is 1. The van der Waals surface area contributed by atoms with Crippen LogP contribution in [-0.4, -0.2) is 28.2 Å². The molecular formula is C15H18N2O3. The highest BCUT2D eigenvalue weighted by Gasteiger charge is 2.35. The van der Waals surface area contributed by atoms with E-state index in [0.717, 1.165) is 36.7 Å². The number of aromatic amines is 1. The van der Waals surface area contributed by atoms with Crippen molar-refractivity contribution >= 4 is 17.0 Å². The summed E-state index contributed by atoms with van der Waals surface area (Å²) in [7, 11) is 1.42. The first-order valence-electron chi connectivity index (χ1n) is 6.95. The molecule has 1 saturated carbocycles. The van der Waals surface area contributed by atoms with Crippen LogP contribution in [0.25, 0.3) is 11.0 Å². The van der Waals surface area contributed by atoms with Crippen molar-refractivity contribution in [2.45, 2.75) is 31.6 Å². The van der Waals surface area contributed by atoms with Gasteiger partial charge in [0.1, 0.15) is 17.5 Å². The minimum absolute atomic E-state index is 0.184. The number of phenolic OH excluding ortho intramolecular Hbond substituents is 1. The van der Waals surface area contributed by atoms with Crippen LogP contribution in [-0.2, 0) is 9.53 Å². The van der Waals surface area contributed by atoms with Crippen molar-refractivity contribution in [2.24, 2.45) is 5.92 Å². The van der Waals surface area contributed by atoms with E-state index in [-0.39, 0.29) is 23.6 Å². The number of benzene rings is 1. The van der Waals surface area contributed by atoms with Gasteiger partial charge in [-0.3, -0.25) is 4.79 Å². The maximum atomic E-state index is 12.1. The van der Waals surface area contributed by atoms with Crippen LogP contribution < -0.4 is 0 Å². The highest BCUT2D eigenvalue weighted by Crippen LogP contribution is 2.37. The summed E-state index contributed by atoms with van der Waals surface area (Å²) < 4.78 is 4.95. The van der Waals surface area contributed by atoms with Gasteiger partial charge in [-0.05, 0) is 30.9 Å². The van der Waals surface area contributed by atoms with Gasteiger partial charge in [-0.1, -0.05) is 12.8 Å². The normalized spacial score (nSPS) is 17.4. The Labute approximate surface area is 117 Å². The highest BCUT2D eigenvalue weighted by atomic mass is 16.5. The zero-order valence-electron chi connectivity index (χ0n) is 11.4. The number of carbonyl (C=O) groups is 1. The number of methoxy groups -OCH3 is 1. The van der Waals surface area contributed by atoms with Crippen LogP contribution in [0.3, 0.4) is 0 Å². The van der Waals surface area contributed by atoms with Gasteiger partial charge in [-0.15, -0.1) is 0 Å². The lowest BCUT2D eigenvalue weighted by molar-refractivity contribution is -0.144. The number of hydrogen-bond acceptors (Lipinski definition) is 4. The molecule has 5 nitrogen and oxygen atoms in total. The van der Waals surface area contributed by atoms with Crippen LogP contribution in [0.15, 0.2) is 18.2 Å². The van der Waals surface area contributed by atoms with Gasteiger partial charge in [0.25, 0.3) is 0 Å². The molecule has 2 N–H and O–H groups in total. The number of carbonyl (C=O) groups excluding carboxylic acids is 1. The first kappa shape index (κ1) is 13.0. The first-order chi connectivity index (χ1) is 9.69. The predicted molar refractivity (Wildman–Crippen MR) is 74.5 cm³/mol. The van der Waals surface area contributed by atoms with E-state index in [1.807, 2.05) is 0 Å². The average Bonchev–Trinajstić information content (AvgIpc) is 3.07. The van der Waals surface area contributed by atoms with Crippen molar-refractivity contribution < 1.29 is 14.6 Å². The number of aromatic hydroxyl groups is 1. The molecule has 3 rings (SSSR count). The molecular weight excluding hydrogens is 256 g/mol. The lowest BCUT2D eigenvalue weighted by Gasteiger charge is -2.18. The summed E-state index contributed by atoms with van der Waals surface area (Å²) >= 11 is 0. The molecule has 5 heteroatoms. The summed E-state index contributed by atoms with van der Waals surface area (Å²) in [6, 6.07) is 4.96. The van der Waals surface area contributed by atoms with E-state index in [0.29, 0.717) is 5.82 Å². The molecule has 1 aliphatic rings. The Kier molecular flexibility index (Phi) is 3.34. The molecule has 0 bridgehead atoms. The molecule has 1 atom stereocenters. The minimum Gasteiger partial charge on any atom is -0.508 e. The molecule has 0 amide bonds. The molecule has 1 heterocycles. The Balaban J connectivity index is 2.01. The van der Waals surface area contributed by atoms with Gasteiger partial charge in [0.05, 0.1) is 18.1 Å². The lowest BCUT2D eigenvalue weighted by Crippen LogP contribution is -2.22. The van der Waals surface area contributed by atoms with Crippen molar-refractivity contribution in [3.8, 4) is 5.75 Å². The number of rotatable bonds is 3. The summed E-state index contributed by atoms with van der Waals surface area (Å²) in [5, 5.41) is 9.51. The summed E-state index contributed by atoms with van der Waals surface area (Å²) in [5.41, 5.74) is 1.50. The molecule has 0 radical (unpaired) electrons. The zero-order valence-corrected chi connectivity index (χ0v) is 11.4. The number of nitrogens with one attached hydrogen (secondary N) is 1. The fourth-order valence-corrected chi connectivity index (χ4v) is 3.11. The minimum atomic E-state index is -0.336. The monoisotopic (exact) mass is 274 g/mol. The summed E-state index contributed by atoms with van der Waals surface area (Å²) in [6.07, 6.45) is 4.36. The maximum absolute atomic E-state index is 12.1. The number of fused-ring (bicyclic) bond motifs is 1. The smallest absolute Gasteiger partial charge is 0.316 e. The molecule has 1 aliphatic carbocycles. The predicted octanol–water partition coefficient (Wildman–Crippen LogP) is 2.72. The van der Waals surface area contributed by atoms with E-state index in [1.165, 1.54) is 7.11 Å². The molecule has 1 unspecified atom stereocenters. The number of hydrogen-bond donors (Lipinski definition) is 2. The third-order valence-electron chi connectivity index (χ3n) is 4.10. The van der Waals surface area contributed by atoms with E-state index in [9.17, 15) is 9.90 Å². The van der Waals surface area contributed by atoms with Crippen LogP contribution in [0.4, 0.5) is 0 Å². The van der Waals surface area contributed by atoms with Gasteiger partial charge in [0, 0.05) is 6.07 Å². The van der Waals surface area contributed by atoms with Gasteiger partial charge >= 0.3 is 5.97 Å². The third-order valence-corrected chi connectivity index (χ3v) is 4.10. The Morgan fingerprint density at radius 3 is 2.90 bits per heavy atom. The molecule has 0 spiro atoms. The fraction of sp³-hybridized carbons (Fsp3) is 0.467. The number of H-pyrrole nitrogens is 1. The standard InChI is InChI=1S/C15H18N2O3/c1-20-15(19)13(9-4-2-3-5-9)14-16-11-7-6-10(18)8-12(11)17-14/h6-9,13,18H,2-5H2,1H3,(H,16,17). The lowest BCUT2D eigenvalue weighted by atomic mass is 9.90. The molecule has 1 aromatic heterocycles. The van der Waals surface area contributed by atoms with Crippen LogP contribution >= 0.6 is 0 Å². The number of nitrogens with zero attached hydrogens (tertiary/aromatic N) is 1. The Morgan fingerprint density at radius 1 is 1.45 bits per heavy atom. The molecule has 0 saturated heterocycles. The summed E-state index contributed by atoms with van der Waals surface area (Å²) in [4.78, 5) is 19.8. The van der Waals surface area contributed by atoms with Gasteiger partial charge in [0.15, 0.2) is 0 Å². The average molecular weight is 274 g/mol. The van der Waals surface area contributed by atoms with E-state index in [4.69, 9.17) is 4.74 Å². The van der Waals surface area contributed by atoms with Crippen LogP contribution in [0.5, 0.6) is 5.75 Å². The quantitative estimate of drug-likeness (QED) is 0.844. The summed E-state index contributed by atoms with van der Waals surface area (Å²) in [5.74, 6) is 0.543. The first-order valence-corrected chi connectivity index (χ1v) is 6.95. The maximum Gasteiger partial charge on any atom is 0.316 e. The largest absolute Gasteiger partial charge is 0.508 e. The number of esters is 1. The Bertz CT molecular complexity index is 629. The van der Waals surface area contributed by atoms with E-state index >= 15 is 0 Å². The van der Waals surface area contributed by atoms with Gasteiger partial charge in [-0.2, -0.15) is 0 Å². The van der Waals surface area contributed by atoms with E-state index in [1.54, 1.807) is 18.2 Å². The van der Waals surface area contributed by atoms with Crippen molar-refractivity contribution in [1.29, 1.82) is 0 Å². The van der Waals surface area contributed by atoms with Gasteiger partial charge in [-0.25, -0.2) is 4.98 Å². The molecule has 20 heavy (non-hydrogen) atoms. The molecule has 1 aromatic carbocycles. The second kappa shape index (κ2) is 5.15. The number of ether oxygens (including phenoxy) is 1. The SMILES string of the molecule is COC(=O)C(c1nc2ccc(O)cc2[nH]1)C1CCCC1. The van der Waals surface area contributed by atoms with E-state index in [2.05, 4.69) is 9.97 Å². The van der Waals surface area contributed by atoms with Crippen molar-refractivity contribution in [1.82, 2.24) is 9.97 Å². The van der Waals surface area contributed by atoms with E-state index < -0.39 is 0 Å².